The van der Waals surface area contributed by atoms with E-state index in [-0.39, 0.29) is 23.3 Å². The lowest BCUT2D eigenvalue weighted by molar-refractivity contribution is -0.143. The first-order valence-electron chi connectivity index (χ1n) is 8.04. The van der Waals surface area contributed by atoms with Crippen LogP contribution in [-0.4, -0.2) is 44.3 Å². The average Bonchev–Trinajstić information content (AvgIpc) is 2.96. The Morgan fingerprint density at radius 3 is 2.74 bits per heavy atom. The van der Waals surface area contributed by atoms with E-state index in [0.29, 0.717) is 56.1 Å². The number of carbonyl (C=O) groups is 2. The van der Waals surface area contributed by atoms with Gasteiger partial charge in [-0.15, -0.1) is 0 Å². The Balaban J connectivity index is 1.77. The molecule has 1 unspecified atom stereocenters. The molecular formula is C16H22N4O3. The highest BCUT2D eigenvalue weighted by Crippen LogP contribution is 2.25. The third-order valence-electron chi connectivity index (χ3n) is 4.93. The quantitative estimate of drug-likeness (QED) is 0.780. The first-order valence-corrected chi connectivity index (χ1v) is 8.04. The molecule has 0 aromatic carbocycles. The van der Waals surface area contributed by atoms with Crippen molar-refractivity contribution in [3.63, 3.8) is 0 Å². The van der Waals surface area contributed by atoms with Crippen LogP contribution in [0.4, 0.5) is 0 Å². The highest BCUT2D eigenvalue weighted by atomic mass is 16.2. The summed E-state index contributed by atoms with van der Waals surface area (Å²) < 4.78 is 1.52. The number of fused-ring (bicyclic) bond motifs is 1. The van der Waals surface area contributed by atoms with E-state index in [1.165, 1.54) is 4.57 Å². The average molecular weight is 318 g/mol. The fraction of sp³-hybridized carbons (Fsp3) is 0.625. The number of likely N-dealkylation sites (tertiary alicyclic amines) is 1. The molecule has 0 aliphatic carbocycles. The van der Waals surface area contributed by atoms with E-state index < -0.39 is 0 Å². The summed E-state index contributed by atoms with van der Waals surface area (Å²) in [5.74, 6) is 0.622. The smallest absolute Gasteiger partial charge is 0.258 e. The van der Waals surface area contributed by atoms with Gasteiger partial charge in [-0.05, 0) is 20.3 Å². The Morgan fingerprint density at radius 1 is 1.30 bits per heavy atom. The lowest BCUT2D eigenvalue weighted by Gasteiger charge is -2.33. The number of piperidine rings is 1. The van der Waals surface area contributed by atoms with Crippen molar-refractivity contribution in [3.05, 3.63) is 27.4 Å². The van der Waals surface area contributed by atoms with Gasteiger partial charge in [-0.2, -0.15) is 0 Å². The molecule has 0 saturated carbocycles. The molecule has 0 bridgehead atoms. The van der Waals surface area contributed by atoms with E-state index in [2.05, 4.69) is 4.98 Å². The Labute approximate surface area is 134 Å². The van der Waals surface area contributed by atoms with Crippen LogP contribution in [0.2, 0.25) is 0 Å². The van der Waals surface area contributed by atoms with Crippen LogP contribution in [0.25, 0.3) is 0 Å². The first kappa shape index (κ1) is 15.7. The standard InChI is InChI=1S/C16H22N4O3/c1-4-19-7-11(5-6-14(19)21)15(22)20-8-12-13(9-20)17-10(2)18(3)16(12)23/h11H,4-9H2,1-3H3. The van der Waals surface area contributed by atoms with Gasteiger partial charge in [0.2, 0.25) is 11.8 Å². The second-order valence-corrected chi connectivity index (χ2v) is 6.31. The fourth-order valence-corrected chi connectivity index (χ4v) is 3.36. The van der Waals surface area contributed by atoms with Gasteiger partial charge in [0.05, 0.1) is 30.3 Å². The van der Waals surface area contributed by atoms with Crippen LogP contribution in [0.1, 0.15) is 36.8 Å². The van der Waals surface area contributed by atoms with Gasteiger partial charge in [0.15, 0.2) is 0 Å². The van der Waals surface area contributed by atoms with Gasteiger partial charge in [-0.1, -0.05) is 0 Å². The maximum absolute atomic E-state index is 12.8. The minimum absolute atomic E-state index is 0.0219. The van der Waals surface area contributed by atoms with E-state index in [4.69, 9.17) is 0 Å². The number of nitrogens with zero attached hydrogens (tertiary/aromatic N) is 4. The molecule has 124 valence electrons. The molecule has 1 saturated heterocycles. The van der Waals surface area contributed by atoms with Crippen LogP contribution < -0.4 is 5.56 Å². The highest BCUT2D eigenvalue weighted by Gasteiger charge is 2.35. The molecule has 23 heavy (non-hydrogen) atoms. The van der Waals surface area contributed by atoms with Crippen LogP contribution in [0.3, 0.4) is 0 Å². The zero-order valence-corrected chi connectivity index (χ0v) is 13.8. The molecular weight excluding hydrogens is 296 g/mol. The third-order valence-corrected chi connectivity index (χ3v) is 4.93. The maximum atomic E-state index is 12.8. The number of hydrogen-bond acceptors (Lipinski definition) is 4. The lowest BCUT2D eigenvalue weighted by atomic mass is 9.96. The fourth-order valence-electron chi connectivity index (χ4n) is 3.36. The predicted octanol–water partition coefficient (Wildman–Crippen LogP) is 0.189. The molecule has 0 radical (unpaired) electrons. The largest absolute Gasteiger partial charge is 0.342 e. The van der Waals surface area contributed by atoms with E-state index in [1.807, 2.05) is 6.92 Å². The molecule has 1 atom stereocenters. The van der Waals surface area contributed by atoms with Crippen LogP contribution in [-0.2, 0) is 29.7 Å². The van der Waals surface area contributed by atoms with Crippen molar-refractivity contribution in [1.29, 1.82) is 0 Å². The molecule has 3 rings (SSSR count). The second-order valence-electron chi connectivity index (χ2n) is 6.31. The molecule has 3 heterocycles. The monoisotopic (exact) mass is 318 g/mol. The minimum atomic E-state index is -0.174. The molecule has 1 fully saturated rings. The van der Waals surface area contributed by atoms with Crippen molar-refractivity contribution in [2.75, 3.05) is 13.1 Å². The van der Waals surface area contributed by atoms with Crippen molar-refractivity contribution in [2.24, 2.45) is 13.0 Å². The summed E-state index contributed by atoms with van der Waals surface area (Å²) in [6, 6.07) is 0. The van der Waals surface area contributed by atoms with Crippen LogP contribution >= 0.6 is 0 Å². The van der Waals surface area contributed by atoms with Gasteiger partial charge in [-0.25, -0.2) is 4.98 Å². The number of aryl methyl sites for hydroxylation is 1. The Morgan fingerprint density at radius 2 is 2.04 bits per heavy atom. The number of amides is 2. The molecule has 2 aliphatic heterocycles. The SMILES string of the molecule is CCN1CC(C(=O)N2Cc3nc(C)n(C)c(=O)c3C2)CCC1=O. The summed E-state index contributed by atoms with van der Waals surface area (Å²) in [7, 11) is 1.70. The summed E-state index contributed by atoms with van der Waals surface area (Å²) in [4.78, 5) is 44.7. The van der Waals surface area contributed by atoms with Crippen molar-refractivity contribution in [3.8, 4) is 0 Å². The molecule has 0 N–H and O–H groups in total. The molecule has 7 nitrogen and oxygen atoms in total. The van der Waals surface area contributed by atoms with E-state index in [1.54, 1.807) is 23.8 Å². The van der Waals surface area contributed by atoms with Gasteiger partial charge >= 0.3 is 0 Å². The summed E-state index contributed by atoms with van der Waals surface area (Å²) in [6.45, 7) is 5.53. The number of carbonyl (C=O) groups excluding carboxylic acids is 2. The van der Waals surface area contributed by atoms with Gasteiger partial charge in [0, 0.05) is 26.6 Å². The molecule has 2 aliphatic rings. The summed E-state index contributed by atoms with van der Waals surface area (Å²) in [5.41, 5.74) is 1.25. The van der Waals surface area contributed by atoms with Gasteiger partial charge in [-0.3, -0.25) is 19.0 Å². The Bertz CT molecular complexity index is 725. The van der Waals surface area contributed by atoms with Crippen molar-refractivity contribution in [1.82, 2.24) is 19.4 Å². The van der Waals surface area contributed by atoms with Crippen molar-refractivity contribution >= 4 is 11.8 Å². The molecule has 0 spiro atoms. The molecule has 1 aromatic rings. The van der Waals surface area contributed by atoms with E-state index in [9.17, 15) is 14.4 Å². The highest BCUT2D eigenvalue weighted by molar-refractivity contribution is 5.84. The molecule has 7 heteroatoms. The van der Waals surface area contributed by atoms with Crippen LogP contribution in [0, 0.1) is 12.8 Å². The molecule has 1 aromatic heterocycles. The van der Waals surface area contributed by atoms with Crippen LogP contribution in [0.15, 0.2) is 4.79 Å². The summed E-state index contributed by atoms with van der Waals surface area (Å²) in [5, 5.41) is 0. The Kier molecular flexibility index (Phi) is 3.95. The lowest BCUT2D eigenvalue weighted by Crippen LogP contribution is -2.45. The van der Waals surface area contributed by atoms with Gasteiger partial charge < -0.3 is 9.80 Å². The van der Waals surface area contributed by atoms with Gasteiger partial charge in [0.25, 0.3) is 5.56 Å². The number of hydrogen-bond donors (Lipinski definition) is 0. The zero-order valence-electron chi connectivity index (χ0n) is 13.8. The summed E-state index contributed by atoms with van der Waals surface area (Å²) in [6.07, 6.45) is 1.01. The number of rotatable bonds is 2. The summed E-state index contributed by atoms with van der Waals surface area (Å²) >= 11 is 0. The first-order chi connectivity index (χ1) is 10.9. The van der Waals surface area contributed by atoms with E-state index in [0.717, 1.165) is 0 Å². The van der Waals surface area contributed by atoms with E-state index >= 15 is 0 Å². The van der Waals surface area contributed by atoms with Crippen molar-refractivity contribution in [2.45, 2.75) is 39.8 Å². The second kappa shape index (κ2) is 5.79. The topological polar surface area (TPSA) is 75.5 Å². The third kappa shape index (κ3) is 2.64. The normalized spacial score (nSPS) is 20.8. The Hall–Kier alpha value is -2.18. The number of aromatic nitrogens is 2. The maximum Gasteiger partial charge on any atom is 0.258 e. The van der Waals surface area contributed by atoms with Crippen molar-refractivity contribution < 1.29 is 9.59 Å². The zero-order chi connectivity index (χ0) is 16.7. The predicted molar refractivity (Wildman–Crippen MR) is 83.4 cm³/mol. The van der Waals surface area contributed by atoms with Gasteiger partial charge in [0.1, 0.15) is 5.82 Å². The van der Waals surface area contributed by atoms with Crippen LogP contribution in [0.5, 0.6) is 0 Å². The molecule has 2 amide bonds. The minimum Gasteiger partial charge on any atom is -0.342 e.